The molecule has 110 valence electrons. The molecule has 0 radical (unpaired) electrons. The quantitative estimate of drug-likeness (QED) is 0.597. The molecule has 0 saturated heterocycles. The van der Waals surface area contributed by atoms with Gasteiger partial charge >= 0.3 is 0 Å². The van der Waals surface area contributed by atoms with Crippen LogP contribution < -0.4 is 15.8 Å². The average Bonchev–Trinajstić information content (AvgIpc) is 2.45. The molecule has 0 aliphatic carbocycles. The summed E-state index contributed by atoms with van der Waals surface area (Å²) in [5, 5.41) is 2.48. The fourth-order valence-corrected chi connectivity index (χ4v) is 2.21. The molecular formula is C15H14FIN2O2. The number of carbonyl (C=O) groups excluding carboxylic acids is 1. The molecule has 0 aliphatic rings. The van der Waals surface area contributed by atoms with Gasteiger partial charge in [-0.15, -0.1) is 0 Å². The highest BCUT2D eigenvalue weighted by atomic mass is 127. The largest absolute Gasteiger partial charge is 0.492 e. The molecule has 6 heteroatoms. The Morgan fingerprint density at radius 1 is 1.29 bits per heavy atom. The summed E-state index contributed by atoms with van der Waals surface area (Å²) in [5.41, 5.74) is 6.02. The van der Waals surface area contributed by atoms with Gasteiger partial charge in [-0.25, -0.2) is 4.39 Å². The second-order valence-electron chi connectivity index (χ2n) is 4.32. The van der Waals surface area contributed by atoms with E-state index in [4.69, 9.17) is 10.5 Å². The second kappa shape index (κ2) is 7.26. The number of nitrogens with two attached hydrogens (primary N) is 1. The van der Waals surface area contributed by atoms with Crippen molar-refractivity contribution < 1.29 is 13.9 Å². The van der Waals surface area contributed by atoms with E-state index >= 15 is 0 Å². The molecular weight excluding hydrogens is 386 g/mol. The normalized spacial score (nSPS) is 10.2. The molecule has 0 unspecified atom stereocenters. The number of halogens is 2. The first kappa shape index (κ1) is 15.6. The first-order chi connectivity index (χ1) is 10.1. The number of ether oxygens (including phenoxy) is 1. The number of anilines is 2. The molecule has 0 fully saturated rings. The van der Waals surface area contributed by atoms with Crippen molar-refractivity contribution in [2.45, 2.75) is 6.42 Å². The molecule has 1 amide bonds. The van der Waals surface area contributed by atoms with Gasteiger partial charge in [-0.05, 0) is 52.9 Å². The zero-order valence-electron chi connectivity index (χ0n) is 11.1. The highest BCUT2D eigenvalue weighted by Gasteiger charge is 2.08. The lowest BCUT2D eigenvalue weighted by molar-refractivity contribution is -0.116. The van der Waals surface area contributed by atoms with Crippen molar-refractivity contribution in [3.63, 3.8) is 0 Å². The van der Waals surface area contributed by atoms with Crippen LogP contribution in [0.5, 0.6) is 5.75 Å². The molecule has 0 spiro atoms. The molecule has 0 aliphatic heterocycles. The monoisotopic (exact) mass is 400 g/mol. The summed E-state index contributed by atoms with van der Waals surface area (Å²) in [5.74, 6) is -0.123. The van der Waals surface area contributed by atoms with Gasteiger partial charge in [-0.1, -0.05) is 12.1 Å². The van der Waals surface area contributed by atoms with Crippen molar-refractivity contribution in [3.05, 3.63) is 51.9 Å². The summed E-state index contributed by atoms with van der Waals surface area (Å²) in [6.45, 7) is 0.218. The Bertz CT molecular complexity index is 649. The summed E-state index contributed by atoms with van der Waals surface area (Å²) in [7, 11) is 0. The van der Waals surface area contributed by atoms with Crippen LogP contribution in [0.3, 0.4) is 0 Å². The van der Waals surface area contributed by atoms with Crippen LogP contribution in [-0.4, -0.2) is 12.5 Å². The molecule has 2 aromatic rings. The predicted octanol–water partition coefficient (Wildman–Crippen LogP) is 3.42. The molecule has 0 aromatic heterocycles. The smallest absolute Gasteiger partial charge is 0.227 e. The van der Waals surface area contributed by atoms with Gasteiger partial charge < -0.3 is 15.8 Å². The predicted molar refractivity (Wildman–Crippen MR) is 88.7 cm³/mol. The fourth-order valence-electron chi connectivity index (χ4n) is 1.67. The fraction of sp³-hybridized carbons (Fsp3) is 0.133. The lowest BCUT2D eigenvalue weighted by Crippen LogP contribution is -2.16. The summed E-state index contributed by atoms with van der Waals surface area (Å²) in [6.07, 6.45) is 0.124. The Balaban J connectivity index is 1.85. The maximum atomic E-state index is 13.5. The van der Waals surface area contributed by atoms with E-state index < -0.39 is 5.82 Å². The minimum Gasteiger partial charge on any atom is -0.492 e. The number of amides is 1. The van der Waals surface area contributed by atoms with Gasteiger partial charge in [0.15, 0.2) is 0 Å². The lowest BCUT2D eigenvalue weighted by atomic mass is 10.2. The maximum absolute atomic E-state index is 13.5. The number of hydrogen-bond acceptors (Lipinski definition) is 3. The summed E-state index contributed by atoms with van der Waals surface area (Å²) in [4.78, 5) is 11.8. The van der Waals surface area contributed by atoms with Gasteiger partial charge in [-0.2, -0.15) is 0 Å². The minimum absolute atomic E-state index is 0.0780. The minimum atomic E-state index is -0.518. The average molecular weight is 400 g/mol. The van der Waals surface area contributed by atoms with E-state index in [1.165, 1.54) is 18.2 Å². The van der Waals surface area contributed by atoms with Gasteiger partial charge in [-0.3, -0.25) is 4.79 Å². The van der Waals surface area contributed by atoms with Gasteiger partial charge in [0.25, 0.3) is 0 Å². The molecule has 21 heavy (non-hydrogen) atoms. The Labute approximate surface area is 135 Å². The van der Waals surface area contributed by atoms with Crippen LogP contribution in [0.4, 0.5) is 15.8 Å². The van der Waals surface area contributed by atoms with E-state index in [1.54, 1.807) is 0 Å². The Hall–Kier alpha value is -1.83. The van der Waals surface area contributed by atoms with Crippen LogP contribution in [0.1, 0.15) is 6.42 Å². The molecule has 0 bridgehead atoms. The third-order valence-electron chi connectivity index (χ3n) is 2.69. The van der Waals surface area contributed by atoms with Crippen molar-refractivity contribution in [2.24, 2.45) is 0 Å². The molecule has 0 atom stereocenters. The number of para-hydroxylation sites is 1. The van der Waals surface area contributed by atoms with Gasteiger partial charge in [0.2, 0.25) is 5.91 Å². The third-order valence-corrected chi connectivity index (χ3v) is 3.58. The van der Waals surface area contributed by atoms with Crippen molar-refractivity contribution in [2.75, 3.05) is 17.7 Å². The van der Waals surface area contributed by atoms with Crippen LogP contribution in [0.25, 0.3) is 0 Å². The highest BCUT2D eigenvalue weighted by molar-refractivity contribution is 14.1. The van der Waals surface area contributed by atoms with Crippen LogP contribution in [0.2, 0.25) is 0 Å². The molecule has 0 heterocycles. The molecule has 0 saturated carbocycles. The van der Waals surface area contributed by atoms with E-state index in [0.717, 1.165) is 9.32 Å². The molecule has 2 rings (SSSR count). The first-order valence-electron chi connectivity index (χ1n) is 6.28. The van der Waals surface area contributed by atoms with E-state index in [2.05, 4.69) is 27.9 Å². The van der Waals surface area contributed by atoms with Crippen LogP contribution >= 0.6 is 22.6 Å². The third kappa shape index (κ3) is 4.59. The van der Waals surface area contributed by atoms with E-state index in [1.807, 2.05) is 24.3 Å². The number of benzene rings is 2. The summed E-state index contributed by atoms with van der Waals surface area (Å²) < 4.78 is 19.9. The number of carbonyl (C=O) groups is 1. The zero-order chi connectivity index (χ0) is 15.2. The van der Waals surface area contributed by atoms with Crippen LogP contribution in [-0.2, 0) is 4.79 Å². The van der Waals surface area contributed by atoms with E-state index in [9.17, 15) is 9.18 Å². The second-order valence-corrected chi connectivity index (χ2v) is 5.48. The maximum Gasteiger partial charge on any atom is 0.227 e. The number of nitrogens with one attached hydrogen (secondary N) is 1. The van der Waals surface area contributed by atoms with Gasteiger partial charge in [0, 0.05) is 5.69 Å². The van der Waals surface area contributed by atoms with Crippen LogP contribution in [0.15, 0.2) is 42.5 Å². The van der Waals surface area contributed by atoms with Crippen molar-refractivity contribution in [1.29, 1.82) is 0 Å². The topological polar surface area (TPSA) is 64.3 Å². The molecule has 4 nitrogen and oxygen atoms in total. The van der Waals surface area contributed by atoms with Crippen LogP contribution in [0, 0.1) is 9.39 Å². The number of nitrogen functional groups attached to an aromatic ring is 1. The van der Waals surface area contributed by atoms with Crippen molar-refractivity contribution in [1.82, 2.24) is 0 Å². The van der Waals surface area contributed by atoms with Gasteiger partial charge in [0.1, 0.15) is 11.6 Å². The van der Waals surface area contributed by atoms with Crippen molar-refractivity contribution >= 4 is 39.9 Å². The highest BCUT2D eigenvalue weighted by Crippen LogP contribution is 2.20. The van der Waals surface area contributed by atoms with Crippen molar-refractivity contribution in [3.8, 4) is 5.75 Å². The molecule has 3 N–H and O–H groups in total. The summed E-state index contributed by atoms with van der Waals surface area (Å²) >= 11 is 2.15. The SMILES string of the molecule is Nc1ccc(F)c(NC(=O)CCOc2ccccc2I)c1. The van der Waals surface area contributed by atoms with Gasteiger partial charge in [0.05, 0.1) is 22.3 Å². The Kier molecular flexibility index (Phi) is 5.38. The van der Waals surface area contributed by atoms with E-state index in [0.29, 0.717) is 5.69 Å². The Morgan fingerprint density at radius 3 is 2.81 bits per heavy atom. The van der Waals surface area contributed by atoms with E-state index in [-0.39, 0.29) is 24.6 Å². The number of rotatable bonds is 5. The molecule has 2 aromatic carbocycles. The lowest BCUT2D eigenvalue weighted by Gasteiger charge is -2.09. The summed E-state index contributed by atoms with van der Waals surface area (Å²) in [6, 6.07) is 11.5. The first-order valence-corrected chi connectivity index (χ1v) is 7.36. The standard InChI is InChI=1S/C15H14FIN2O2/c16-11-6-5-10(18)9-13(11)19-15(20)7-8-21-14-4-2-1-3-12(14)17/h1-6,9H,7-8,18H2,(H,19,20). The Morgan fingerprint density at radius 2 is 2.05 bits per heavy atom. The zero-order valence-corrected chi connectivity index (χ0v) is 13.3. The number of hydrogen-bond donors (Lipinski definition) is 2.